The fourth-order valence-corrected chi connectivity index (χ4v) is 4.82. The van der Waals surface area contributed by atoms with Gasteiger partial charge in [-0.1, -0.05) is 54.6 Å². The van der Waals surface area contributed by atoms with Gasteiger partial charge in [0.15, 0.2) is 0 Å². The zero-order valence-corrected chi connectivity index (χ0v) is 20.4. The van der Waals surface area contributed by atoms with Gasteiger partial charge in [-0.25, -0.2) is 4.98 Å². The normalized spacial score (nSPS) is 15.0. The largest absolute Gasteiger partial charge is 0.379 e. The summed E-state index contributed by atoms with van der Waals surface area (Å²) >= 11 is 0. The molecule has 2 heterocycles. The Morgan fingerprint density at radius 2 is 1.81 bits per heavy atom. The molecule has 184 valence electrons. The molecule has 0 aliphatic carbocycles. The Morgan fingerprint density at radius 3 is 2.58 bits per heavy atom. The maximum Gasteiger partial charge on any atom is 0.251 e. The van der Waals surface area contributed by atoms with Crippen molar-refractivity contribution in [3.8, 4) is 11.1 Å². The van der Waals surface area contributed by atoms with Gasteiger partial charge in [0.2, 0.25) is 0 Å². The smallest absolute Gasteiger partial charge is 0.251 e. The standard InChI is InChI=1S/C29H30N4O3/c1-20(33-14-16-36-17-15-33)21-8-10-22(11-9-21)24-4-2-6-26-25(24)5-3-7-27(26)29(35)30-13-12-23-18-28(34)32-19-31-23/h2-11,18-20H,12-17H2,1H3,(H,30,35)(H,31,32,34). The van der Waals surface area contributed by atoms with Crippen molar-refractivity contribution in [2.75, 3.05) is 32.8 Å². The number of benzene rings is 3. The van der Waals surface area contributed by atoms with Gasteiger partial charge in [0.05, 0.1) is 19.5 Å². The Hall–Kier alpha value is -3.81. The number of aromatic amines is 1. The van der Waals surface area contributed by atoms with Gasteiger partial charge in [-0.2, -0.15) is 0 Å². The van der Waals surface area contributed by atoms with Gasteiger partial charge in [-0.3, -0.25) is 14.5 Å². The number of carbonyl (C=O) groups excluding carboxylic acids is 1. The molecular formula is C29H30N4O3. The molecule has 1 saturated heterocycles. The lowest BCUT2D eigenvalue weighted by molar-refractivity contribution is 0.0198. The molecule has 4 aromatic rings. The fourth-order valence-electron chi connectivity index (χ4n) is 4.82. The number of hydrogen-bond donors (Lipinski definition) is 2. The Kier molecular flexibility index (Phi) is 7.21. The van der Waals surface area contributed by atoms with E-state index in [0.717, 1.165) is 48.2 Å². The van der Waals surface area contributed by atoms with Crippen molar-refractivity contribution < 1.29 is 9.53 Å². The number of amides is 1. The first kappa shape index (κ1) is 23.9. The highest BCUT2D eigenvalue weighted by Crippen LogP contribution is 2.32. The SMILES string of the molecule is CC(c1ccc(-c2cccc3c(C(=O)NCCc4cc(=O)[nH]cn4)cccc23)cc1)N1CCOCC1. The number of ether oxygens (including phenoxy) is 1. The van der Waals surface area contributed by atoms with Crippen molar-refractivity contribution in [1.29, 1.82) is 0 Å². The minimum absolute atomic E-state index is 0.141. The molecule has 1 atom stereocenters. The maximum atomic E-state index is 13.0. The van der Waals surface area contributed by atoms with Crippen LogP contribution in [0.1, 0.15) is 34.6 Å². The molecule has 0 spiro atoms. The van der Waals surface area contributed by atoms with Crippen LogP contribution in [-0.4, -0.2) is 53.6 Å². The first-order valence-corrected chi connectivity index (χ1v) is 12.4. The van der Waals surface area contributed by atoms with Gasteiger partial charge in [0.25, 0.3) is 11.5 Å². The number of carbonyl (C=O) groups is 1. The van der Waals surface area contributed by atoms with Crippen LogP contribution in [0.5, 0.6) is 0 Å². The number of H-pyrrole nitrogens is 1. The zero-order valence-electron chi connectivity index (χ0n) is 20.4. The molecule has 3 aromatic carbocycles. The van der Waals surface area contributed by atoms with Gasteiger partial charge in [0, 0.05) is 49.4 Å². The summed E-state index contributed by atoms with van der Waals surface area (Å²) in [5.41, 5.74) is 4.58. The predicted molar refractivity (Wildman–Crippen MR) is 141 cm³/mol. The Labute approximate surface area is 210 Å². The molecule has 36 heavy (non-hydrogen) atoms. The minimum Gasteiger partial charge on any atom is -0.379 e. The number of nitrogens with one attached hydrogen (secondary N) is 2. The second-order valence-electron chi connectivity index (χ2n) is 9.06. The van der Waals surface area contributed by atoms with E-state index in [1.165, 1.54) is 18.0 Å². The molecule has 7 heteroatoms. The minimum atomic E-state index is -0.198. The van der Waals surface area contributed by atoms with Gasteiger partial charge in [-0.05, 0) is 40.5 Å². The van der Waals surface area contributed by atoms with Crippen LogP contribution < -0.4 is 10.9 Å². The number of hydrogen-bond acceptors (Lipinski definition) is 5. The van der Waals surface area contributed by atoms with E-state index in [9.17, 15) is 9.59 Å². The lowest BCUT2D eigenvalue weighted by atomic mass is 9.94. The Bertz CT molecular complexity index is 1410. The zero-order chi connectivity index (χ0) is 24.9. The van der Waals surface area contributed by atoms with E-state index in [0.29, 0.717) is 30.3 Å². The molecule has 7 nitrogen and oxygen atoms in total. The number of aromatic nitrogens is 2. The molecule has 2 N–H and O–H groups in total. The van der Waals surface area contributed by atoms with Crippen LogP contribution in [0, 0.1) is 0 Å². The first-order chi connectivity index (χ1) is 17.6. The van der Waals surface area contributed by atoms with Crippen molar-refractivity contribution in [3.63, 3.8) is 0 Å². The van der Waals surface area contributed by atoms with Crippen LogP contribution in [0.4, 0.5) is 0 Å². The summed E-state index contributed by atoms with van der Waals surface area (Å²) in [6, 6.07) is 22.5. The second-order valence-corrected chi connectivity index (χ2v) is 9.06. The lowest BCUT2D eigenvalue weighted by Crippen LogP contribution is -2.37. The van der Waals surface area contributed by atoms with E-state index < -0.39 is 0 Å². The quantitative estimate of drug-likeness (QED) is 0.416. The van der Waals surface area contributed by atoms with Crippen LogP contribution in [-0.2, 0) is 11.2 Å². The van der Waals surface area contributed by atoms with Crippen molar-refractivity contribution in [2.24, 2.45) is 0 Å². The summed E-state index contributed by atoms with van der Waals surface area (Å²) in [6.45, 7) is 6.13. The topological polar surface area (TPSA) is 87.3 Å². The molecule has 0 bridgehead atoms. The van der Waals surface area contributed by atoms with Gasteiger partial charge in [0.1, 0.15) is 0 Å². The summed E-state index contributed by atoms with van der Waals surface area (Å²) in [6.07, 6.45) is 1.86. The molecule has 1 fully saturated rings. The van der Waals surface area contributed by atoms with Gasteiger partial charge in [-0.15, -0.1) is 0 Å². The third-order valence-electron chi connectivity index (χ3n) is 6.87. The number of nitrogens with zero attached hydrogens (tertiary/aromatic N) is 2. The molecule has 0 saturated carbocycles. The summed E-state index contributed by atoms with van der Waals surface area (Å²) in [7, 11) is 0. The maximum absolute atomic E-state index is 13.0. The highest BCUT2D eigenvalue weighted by Gasteiger charge is 2.19. The van der Waals surface area contributed by atoms with Crippen molar-refractivity contribution in [1.82, 2.24) is 20.2 Å². The van der Waals surface area contributed by atoms with Crippen molar-refractivity contribution >= 4 is 16.7 Å². The van der Waals surface area contributed by atoms with E-state index in [2.05, 4.69) is 63.5 Å². The average Bonchev–Trinajstić information content (AvgIpc) is 2.92. The highest BCUT2D eigenvalue weighted by molar-refractivity contribution is 6.10. The summed E-state index contributed by atoms with van der Waals surface area (Å²) in [4.78, 5) is 33.5. The van der Waals surface area contributed by atoms with E-state index in [1.54, 1.807) is 0 Å². The third-order valence-corrected chi connectivity index (χ3v) is 6.87. The average molecular weight is 483 g/mol. The summed E-state index contributed by atoms with van der Waals surface area (Å²) in [5, 5.41) is 4.91. The number of rotatable bonds is 7. The number of morpholine rings is 1. The van der Waals surface area contributed by atoms with E-state index >= 15 is 0 Å². The summed E-state index contributed by atoms with van der Waals surface area (Å²) < 4.78 is 5.49. The molecule has 1 aliphatic rings. The van der Waals surface area contributed by atoms with E-state index in [4.69, 9.17) is 4.74 Å². The Morgan fingerprint density at radius 1 is 1.06 bits per heavy atom. The lowest BCUT2D eigenvalue weighted by Gasteiger charge is -2.32. The summed E-state index contributed by atoms with van der Waals surface area (Å²) in [5.74, 6) is -0.141. The first-order valence-electron chi connectivity index (χ1n) is 12.4. The number of fused-ring (bicyclic) bond motifs is 1. The van der Waals surface area contributed by atoms with Crippen LogP contribution in [0.25, 0.3) is 21.9 Å². The van der Waals surface area contributed by atoms with Crippen LogP contribution >= 0.6 is 0 Å². The molecule has 1 aromatic heterocycles. The predicted octanol–water partition coefficient (Wildman–Crippen LogP) is 3.96. The van der Waals surface area contributed by atoms with Gasteiger partial charge >= 0.3 is 0 Å². The Balaban J connectivity index is 1.34. The molecule has 1 unspecified atom stereocenters. The molecule has 5 rings (SSSR count). The monoisotopic (exact) mass is 482 g/mol. The molecule has 1 aliphatic heterocycles. The van der Waals surface area contributed by atoms with E-state index in [-0.39, 0.29) is 11.5 Å². The highest BCUT2D eigenvalue weighted by atomic mass is 16.5. The molecule has 0 radical (unpaired) electrons. The van der Waals surface area contributed by atoms with Gasteiger partial charge < -0.3 is 15.0 Å². The fraction of sp³-hybridized carbons (Fsp3) is 0.276. The molecule has 1 amide bonds. The van der Waals surface area contributed by atoms with Crippen LogP contribution in [0.15, 0.2) is 77.9 Å². The molecular weight excluding hydrogens is 452 g/mol. The van der Waals surface area contributed by atoms with Crippen LogP contribution in [0.2, 0.25) is 0 Å². The van der Waals surface area contributed by atoms with Crippen molar-refractivity contribution in [2.45, 2.75) is 19.4 Å². The third kappa shape index (κ3) is 5.22. The second kappa shape index (κ2) is 10.8. The van der Waals surface area contributed by atoms with E-state index in [1.807, 2.05) is 24.3 Å². The van der Waals surface area contributed by atoms with Crippen molar-refractivity contribution in [3.05, 3.63) is 100 Å². The van der Waals surface area contributed by atoms with Crippen LogP contribution in [0.3, 0.4) is 0 Å².